The van der Waals surface area contributed by atoms with Gasteiger partial charge in [-0.15, -0.1) is 13.2 Å². The van der Waals surface area contributed by atoms with E-state index in [9.17, 15) is 13.2 Å². The van der Waals surface area contributed by atoms with Gasteiger partial charge in [-0.1, -0.05) is 11.6 Å². The van der Waals surface area contributed by atoms with E-state index in [2.05, 4.69) is 32.6 Å². The zero-order valence-corrected chi connectivity index (χ0v) is 10.9. The third kappa shape index (κ3) is 5.22. The summed E-state index contributed by atoms with van der Waals surface area (Å²) in [5.41, 5.74) is 0.591. The molecule has 0 aliphatic carbocycles. The van der Waals surface area contributed by atoms with Gasteiger partial charge in [-0.3, -0.25) is 4.74 Å². The number of hydrogen-bond acceptors (Lipinski definition) is 2. The second kappa shape index (κ2) is 5.92. The maximum absolute atomic E-state index is 11.6. The van der Waals surface area contributed by atoms with E-state index in [0.29, 0.717) is 10.7 Å². The minimum absolute atomic E-state index is 0.0415. The van der Waals surface area contributed by atoms with Crippen LogP contribution in [0.3, 0.4) is 0 Å². The van der Waals surface area contributed by atoms with Gasteiger partial charge in [0, 0.05) is 10.1 Å². The molecule has 0 unspecified atom stereocenters. The molecular weight excluding hydrogens is 357 g/mol. The van der Waals surface area contributed by atoms with Gasteiger partial charge in [0.25, 0.3) is 0 Å². The molecule has 0 bridgehead atoms. The van der Waals surface area contributed by atoms with Crippen LogP contribution in [0, 0.1) is 3.57 Å². The number of nitrogens with one attached hydrogen (secondary N) is 1. The van der Waals surface area contributed by atoms with Gasteiger partial charge in [-0.25, -0.2) is 0 Å². The third-order valence-corrected chi connectivity index (χ3v) is 2.60. The van der Waals surface area contributed by atoms with E-state index in [1.54, 1.807) is 18.2 Å². The largest absolute Gasteiger partial charge is 0.522 e. The number of benzene rings is 1. The maximum Gasteiger partial charge on any atom is 0.522 e. The number of ether oxygens (including phenoxy) is 1. The second-order valence-electron chi connectivity index (χ2n) is 2.85. The van der Waals surface area contributed by atoms with Crippen LogP contribution in [0.25, 0.3) is 0 Å². The van der Waals surface area contributed by atoms with Crippen molar-refractivity contribution in [1.29, 1.82) is 0 Å². The van der Waals surface area contributed by atoms with Gasteiger partial charge in [0.15, 0.2) is 0 Å². The Labute approximate surface area is 109 Å². The Morgan fingerprint density at radius 3 is 2.62 bits per heavy atom. The lowest BCUT2D eigenvalue weighted by atomic mass is 10.3. The van der Waals surface area contributed by atoms with Crippen LogP contribution in [0.15, 0.2) is 18.2 Å². The van der Waals surface area contributed by atoms with Crippen molar-refractivity contribution in [2.45, 2.75) is 6.36 Å². The van der Waals surface area contributed by atoms with Crippen LogP contribution in [0.5, 0.6) is 0 Å². The third-order valence-electron chi connectivity index (χ3n) is 1.61. The summed E-state index contributed by atoms with van der Waals surface area (Å²) in [7, 11) is 0. The fraction of sp³-hybridized carbons (Fsp3) is 0.333. The molecule has 0 atom stereocenters. The van der Waals surface area contributed by atoms with Gasteiger partial charge in [-0.05, 0) is 40.8 Å². The number of rotatable bonds is 4. The highest BCUT2D eigenvalue weighted by atomic mass is 127. The number of halogens is 5. The summed E-state index contributed by atoms with van der Waals surface area (Å²) in [5, 5.41) is 3.22. The molecule has 0 radical (unpaired) electrons. The van der Waals surface area contributed by atoms with Crippen molar-refractivity contribution in [3.8, 4) is 0 Å². The number of alkyl halides is 3. The standard InChI is InChI=1S/C9H8ClF3INO/c10-7-5-6(14)1-2-8(7)15-3-4-16-9(11,12)13/h1-2,5,15H,3-4H2. The topological polar surface area (TPSA) is 21.3 Å². The molecule has 0 aromatic heterocycles. The van der Waals surface area contributed by atoms with Crippen LogP contribution < -0.4 is 5.32 Å². The van der Waals surface area contributed by atoms with Gasteiger partial charge >= 0.3 is 6.36 Å². The number of anilines is 1. The van der Waals surface area contributed by atoms with Crippen LogP contribution in [-0.2, 0) is 4.74 Å². The first-order chi connectivity index (χ1) is 7.38. The summed E-state index contributed by atoms with van der Waals surface area (Å²) in [6.45, 7) is -0.411. The molecule has 2 nitrogen and oxygen atoms in total. The lowest BCUT2D eigenvalue weighted by Gasteiger charge is -2.10. The summed E-state index contributed by atoms with van der Waals surface area (Å²) >= 11 is 7.96. The van der Waals surface area contributed by atoms with E-state index in [0.717, 1.165) is 3.57 Å². The van der Waals surface area contributed by atoms with Crippen molar-refractivity contribution in [2.24, 2.45) is 0 Å². The molecule has 0 aliphatic rings. The fourth-order valence-electron chi connectivity index (χ4n) is 0.985. The Morgan fingerprint density at radius 1 is 1.38 bits per heavy atom. The van der Waals surface area contributed by atoms with E-state index in [1.165, 1.54) is 0 Å². The summed E-state index contributed by atoms with van der Waals surface area (Å²) in [6.07, 6.45) is -4.59. The van der Waals surface area contributed by atoms with E-state index >= 15 is 0 Å². The number of hydrogen-bond donors (Lipinski definition) is 1. The molecule has 1 N–H and O–H groups in total. The lowest BCUT2D eigenvalue weighted by Crippen LogP contribution is -2.19. The predicted molar refractivity (Wildman–Crippen MR) is 64.7 cm³/mol. The normalized spacial score (nSPS) is 11.6. The Hall–Kier alpha value is -0.210. The smallest absolute Gasteiger partial charge is 0.382 e. The molecule has 0 aliphatic heterocycles. The second-order valence-corrected chi connectivity index (χ2v) is 4.50. The molecule has 16 heavy (non-hydrogen) atoms. The van der Waals surface area contributed by atoms with Crippen molar-refractivity contribution in [3.63, 3.8) is 0 Å². The highest BCUT2D eigenvalue weighted by Gasteiger charge is 2.28. The average Bonchev–Trinajstić information content (AvgIpc) is 2.13. The molecular formula is C9H8ClF3INO. The van der Waals surface area contributed by atoms with Crippen LogP contribution in [0.4, 0.5) is 18.9 Å². The molecule has 0 saturated heterocycles. The quantitative estimate of drug-likeness (QED) is 0.646. The molecule has 0 spiro atoms. The first kappa shape index (κ1) is 13.9. The lowest BCUT2D eigenvalue weighted by molar-refractivity contribution is -0.322. The monoisotopic (exact) mass is 365 g/mol. The van der Waals surface area contributed by atoms with Crippen molar-refractivity contribution in [1.82, 2.24) is 0 Å². The molecule has 0 heterocycles. The molecule has 0 fully saturated rings. The molecule has 0 saturated carbocycles. The minimum Gasteiger partial charge on any atom is -0.382 e. The van der Waals surface area contributed by atoms with E-state index in [1.807, 2.05) is 0 Å². The minimum atomic E-state index is -4.59. The highest BCUT2D eigenvalue weighted by molar-refractivity contribution is 14.1. The van der Waals surface area contributed by atoms with E-state index < -0.39 is 13.0 Å². The van der Waals surface area contributed by atoms with Crippen LogP contribution in [-0.4, -0.2) is 19.5 Å². The van der Waals surface area contributed by atoms with Crippen LogP contribution in [0.2, 0.25) is 5.02 Å². The van der Waals surface area contributed by atoms with E-state index in [4.69, 9.17) is 11.6 Å². The van der Waals surface area contributed by atoms with Gasteiger partial charge in [0.2, 0.25) is 0 Å². The first-order valence-electron chi connectivity index (χ1n) is 4.28. The van der Waals surface area contributed by atoms with Gasteiger partial charge < -0.3 is 5.32 Å². The Balaban J connectivity index is 2.38. The van der Waals surface area contributed by atoms with Gasteiger partial charge in [0.05, 0.1) is 17.3 Å². The predicted octanol–water partition coefficient (Wildman–Crippen LogP) is 3.89. The van der Waals surface area contributed by atoms with Crippen molar-refractivity contribution in [2.75, 3.05) is 18.5 Å². The summed E-state index contributed by atoms with van der Waals surface area (Å²) in [6, 6.07) is 5.23. The van der Waals surface area contributed by atoms with Crippen molar-refractivity contribution >= 4 is 39.9 Å². The van der Waals surface area contributed by atoms with Crippen molar-refractivity contribution in [3.05, 3.63) is 26.8 Å². The average molecular weight is 366 g/mol. The van der Waals surface area contributed by atoms with Gasteiger partial charge in [-0.2, -0.15) is 0 Å². The summed E-state index contributed by atoms with van der Waals surface area (Å²) < 4.78 is 39.5. The maximum atomic E-state index is 11.6. The zero-order chi connectivity index (χ0) is 12.2. The molecule has 1 aromatic carbocycles. The molecule has 0 amide bonds. The van der Waals surface area contributed by atoms with Crippen LogP contribution >= 0.6 is 34.2 Å². The molecule has 7 heteroatoms. The Bertz CT molecular complexity index is 359. The molecule has 1 rings (SSSR count). The fourth-order valence-corrected chi connectivity index (χ4v) is 1.91. The Morgan fingerprint density at radius 2 is 2.06 bits per heavy atom. The highest BCUT2D eigenvalue weighted by Crippen LogP contribution is 2.23. The summed E-state index contributed by atoms with van der Waals surface area (Å²) in [4.78, 5) is 0. The SMILES string of the molecule is FC(F)(F)OCCNc1ccc(I)cc1Cl. The zero-order valence-electron chi connectivity index (χ0n) is 7.94. The Kier molecular flexibility index (Phi) is 5.13. The van der Waals surface area contributed by atoms with Gasteiger partial charge in [0.1, 0.15) is 0 Å². The van der Waals surface area contributed by atoms with Crippen molar-refractivity contribution < 1.29 is 17.9 Å². The first-order valence-corrected chi connectivity index (χ1v) is 5.74. The van der Waals surface area contributed by atoms with E-state index in [-0.39, 0.29) is 6.54 Å². The summed E-state index contributed by atoms with van der Waals surface area (Å²) in [5.74, 6) is 0. The molecule has 90 valence electrons. The van der Waals surface area contributed by atoms with Crippen LogP contribution in [0.1, 0.15) is 0 Å². The molecule has 1 aromatic rings.